The summed E-state index contributed by atoms with van der Waals surface area (Å²) in [4.78, 5) is 11.1. The Morgan fingerprint density at radius 3 is 2.18 bits per heavy atom. The Balaban J connectivity index is 2.24. The molecule has 2 aromatic rings. The maximum Gasteiger partial charge on any atom is 0.241 e. The molecule has 0 aliphatic heterocycles. The van der Waals surface area contributed by atoms with E-state index < -0.39 is 35.7 Å². The van der Waals surface area contributed by atoms with E-state index in [1.54, 1.807) is 0 Å². The number of hydrogen-bond donors (Lipinski definition) is 3. The van der Waals surface area contributed by atoms with E-state index >= 15 is 0 Å². The van der Waals surface area contributed by atoms with Crippen LogP contribution in [0.3, 0.4) is 0 Å². The summed E-state index contributed by atoms with van der Waals surface area (Å²) in [6.07, 6.45) is 0. The lowest BCUT2D eigenvalue weighted by Crippen LogP contribution is -2.21. The molecule has 0 radical (unpaired) electrons. The van der Waals surface area contributed by atoms with Gasteiger partial charge in [-0.25, -0.2) is 27.1 Å². The number of carbonyl (C=O) groups excluding carboxylic acids is 1. The average molecular weight is 446 g/mol. The molecule has 9 nitrogen and oxygen atoms in total. The lowest BCUT2D eigenvalue weighted by molar-refractivity contribution is -0.113. The van der Waals surface area contributed by atoms with Crippen molar-refractivity contribution in [2.24, 2.45) is 10.3 Å². The number of nitrogens with two attached hydrogens (primary N) is 2. The van der Waals surface area contributed by atoms with Gasteiger partial charge in [-0.2, -0.15) is 0 Å². The number of rotatable bonds is 8. The molecular formula is C16H19N3O6S3. The third kappa shape index (κ3) is 5.94. The molecule has 28 heavy (non-hydrogen) atoms. The molecule has 2 rings (SSSR count). The maximum atomic E-state index is 12.2. The van der Waals surface area contributed by atoms with Gasteiger partial charge in [0.1, 0.15) is 15.5 Å². The zero-order chi connectivity index (χ0) is 20.9. The van der Waals surface area contributed by atoms with Gasteiger partial charge in [-0.3, -0.25) is 4.79 Å². The predicted octanol–water partition coefficient (Wildman–Crippen LogP) is 0.862. The Hall–Kier alpha value is -2.12. The number of thioether (sulfide) groups is 1. The molecule has 5 N–H and O–H groups in total. The fourth-order valence-electron chi connectivity index (χ4n) is 2.28. The summed E-state index contributed by atoms with van der Waals surface area (Å²) in [6, 6.07) is 11.3. The van der Waals surface area contributed by atoms with Gasteiger partial charge in [-0.15, -0.1) is 11.8 Å². The van der Waals surface area contributed by atoms with Crippen molar-refractivity contribution in [1.82, 2.24) is 0 Å². The van der Waals surface area contributed by atoms with Gasteiger partial charge in [0.2, 0.25) is 26.0 Å². The Morgan fingerprint density at radius 2 is 1.64 bits per heavy atom. The second kappa shape index (κ2) is 8.92. The molecule has 0 unspecified atom stereocenters. The molecular weight excluding hydrogens is 426 g/mol. The Bertz CT molecular complexity index is 1070. The van der Waals surface area contributed by atoms with Crippen molar-refractivity contribution in [3.63, 3.8) is 0 Å². The second-order valence-electron chi connectivity index (χ2n) is 5.62. The third-order valence-corrected chi connectivity index (χ3v) is 6.38. The van der Waals surface area contributed by atoms with E-state index in [1.807, 2.05) is 30.3 Å². The molecule has 0 saturated heterocycles. The molecule has 152 valence electrons. The number of nitrogens with one attached hydrogen (secondary N) is 1. The minimum atomic E-state index is -4.35. The normalized spacial score (nSPS) is 11.8. The molecule has 0 aromatic heterocycles. The molecule has 0 bridgehead atoms. The van der Waals surface area contributed by atoms with E-state index in [0.717, 1.165) is 17.7 Å². The number of benzene rings is 2. The van der Waals surface area contributed by atoms with Crippen LogP contribution in [0.2, 0.25) is 0 Å². The van der Waals surface area contributed by atoms with Crippen LogP contribution in [0, 0.1) is 0 Å². The first kappa shape index (κ1) is 22.2. The van der Waals surface area contributed by atoms with Crippen molar-refractivity contribution >= 4 is 43.4 Å². The summed E-state index contributed by atoms with van der Waals surface area (Å²) in [5.41, 5.74) is 0.835. The van der Waals surface area contributed by atoms with E-state index in [9.17, 15) is 21.6 Å². The minimum Gasteiger partial charge on any atom is -0.495 e. The van der Waals surface area contributed by atoms with Crippen LogP contribution in [0.1, 0.15) is 5.56 Å². The lowest BCUT2D eigenvalue weighted by atomic mass is 10.2. The standard InChI is InChI=1S/C16H19N3O6S3/c1-25-13-7-12(14(27(17,21)22)8-15(13)28(18,23)24)19-16(20)10-26-9-11-5-3-2-4-6-11/h2-8H,9-10H2,1H3,(H,19,20)(H2,17,21,22)(H2,18,23,24). The predicted molar refractivity (Wildman–Crippen MR) is 107 cm³/mol. The van der Waals surface area contributed by atoms with E-state index in [2.05, 4.69) is 5.32 Å². The molecule has 0 aliphatic carbocycles. The molecule has 0 saturated carbocycles. The highest BCUT2D eigenvalue weighted by Crippen LogP contribution is 2.32. The van der Waals surface area contributed by atoms with Gasteiger partial charge in [-0.1, -0.05) is 30.3 Å². The number of ether oxygens (including phenoxy) is 1. The number of sulfonamides is 2. The first-order chi connectivity index (χ1) is 13.0. The summed E-state index contributed by atoms with van der Waals surface area (Å²) < 4.78 is 52.0. The van der Waals surface area contributed by atoms with E-state index in [-0.39, 0.29) is 17.2 Å². The van der Waals surface area contributed by atoms with Crippen molar-refractivity contribution in [3.05, 3.63) is 48.0 Å². The Morgan fingerprint density at radius 1 is 1.04 bits per heavy atom. The number of carbonyl (C=O) groups is 1. The maximum absolute atomic E-state index is 12.2. The molecule has 0 heterocycles. The quantitative estimate of drug-likeness (QED) is 0.543. The van der Waals surface area contributed by atoms with Crippen LogP contribution in [0.4, 0.5) is 5.69 Å². The summed E-state index contributed by atoms with van der Waals surface area (Å²) >= 11 is 1.32. The van der Waals surface area contributed by atoms with E-state index in [4.69, 9.17) is 15.0 Å². The first-order valence-electron chi connectivity index (χ1n) is 7.71. The molecule has 0 spiro atoms. The third-order valence-electron chi connectivity index (χ3n) is 3.50. The number of anilines is 1. The average Bonchev–Trinajstić information content (AvgIpc) is 2.60. The first-order valence-corrected chi connectivity index (χ1v) is 12.0. The van der Waals surface area contributed by atoms with Gasteiger partial charge in [0, 0.05) is 11.8 Å². The fourth-order valence-corrected chi connectivity index (χ4v) is 4.54. The highest BCUT2D eigenvalue weighted by atomic mass is 32.2. The molecule has 12 heteroatoms. The summed E-state index contributed by atoms with van der Waals surface area (Å²) in [5.74, 6) is -0.0827. The summed E-state index contributed by atoms with van der Waals surface area (Å²) in [5, 5.41) is 12.7. The topological polar surface area (TPSA) is 159 Å². The SMILES string of the molecule is COc1cc(NC(=O)CSCc2ccccc2)c(S(N)(=O)=O)cc1S(N)(=O)=O. The molecule has 0 aliphatic rings. The van der Waals surface area contributed by atoms with E-state index in [1.165, 1.54) is 18.9 Å². The van der Waals surface area contributed by atoms with Gasteiger partial charge in [-0.05, 0) is 11.6 Å². The summed E-state index contributed by atoms with van der Waals surface area (Å²) in [7, 11) is -7.45. The second-order valence-corrected chi connectivity index (χ2v) is 9.66. The van der Waals surface area contributed by atoms with Crippen LogP contribution in [0.25, 0.3) is 0 Å². The fraction of sp³-hybridized carbons (Fsp3) is 0.188. The number of amides is 1. The summed E-state index contributed by atoms with van der Waals surface area (Å²) in [6.45, 7) is 0. The monoisotopic (exact) mass is 445 g/mol. The Labute approximate surface area is 167 Å². The van der Waals surface area contributed by atoms with Gasteiger partial charge in [0.25, 0.3) is 0 Å². The van der Waals surface area contributed by atoms with Crippen LogP contribution >= 0.6 is 11.8 Å². The van der Waals surface area contributed by atoms with Gasteiger partial charge < -0.3 is 10.1 Å². The molecule has 0 fully saturated rings. The van der Waals surface area contributed by atoms with Gasteiger partial charge in [0.15, 0.2) is 0 Å². The highest BCUT2D eigenvalue weighted by Gasteiger charge is 2.24. The zero-order valence-corrected chi connectivity index (χ0v) is 17.2. The number of primary sulfonamides is 2. The number of hydrogen-bond acceptors (Lipinski definition) is 7. The van der Waals surface area contributed by atoms with Gasteiger partial charge in [0.05, 0.1) is 18.6 Å². The molecule has 1 amide bonds. The van der Waals surface area contributed by atoms with Crippen molar-refractivity contribution in [1.29, 1.82) is 0 Å². The van der Waals surface area contributed by atoms with Crippen LogP contribution < -0.4 is 20.3 Å². The number of methoxy groups -OCH3 is 1. The van der Waals surface area contributed by atoms with Crippen molar-refractivity contribution in [3.8, 4) is 5.75 Å². The zero-order valence-electron chi connectivity index (χ0n) is 14.8. The highest BCUT2D eigenvalue weighted by molar-refractivity contribution is 7.99. The van der Waals surface area contributed by atoms with Crippen LogP contribution in [-0.4, -0.2) is 35.6 Å². The smallest absolute Gasteiger partial charge is 0.241 e. The molecule has 0 atom stereocenters. The van der Waals surface area contributed by atoms with Crippen molar-refractivity contribution in [2.75, 3.05) is 18.2 Å². The van der Waals surface area contributed by atoms with E-state index in [0.29, 0.717) is 5.75 Å². The molecule has 2 aromatic carbocycles. The van der Waals surface area contributed by atoms with Crippen molar-refractivity contribution in [2.45, 2.75) is 15.5 Å². The minimum absolute atomic E-state index is 0.0399. The van der Waals surface area contributed by atoms with Crippen LogP contribution in [-0.2, 0) is 30.6 Å². The van der Waals surface area contributed by atoms with Crippen LogP contribution in [0.15, 0.2) is 52.3 Å². The van der Waals surface area contributed by atoms with Crippen LogP contribution in [0.5, 0.6) is 5.75 Å². The largest absolute Gasteiger partial charge is 0.495 e. The van der Waals surface area contributed by atoms with Gasteiger partial charge >= 0.3 is 0 Å². The lowest BCUT2D eigenvalue weighted by Gasteiger charge is -2.14. The Kier molecular flexibility index (Phi) is 7.06. The van der Waals surface area contributed by atoms with Crippen molar-refractivity contribution < 1.29 is 26.4 Å².